The molecule has 2 unspecified atom stereocenters. The Hall–Kier alpha value is -1.11. The second kappa shape index (κ2) is 5.71. The third-order valence-corrected chi connectivity index (χ3v) is 4.74. The van der Waals surface area contributed by atoms with Gasteiger partial charge in [-0.2, -0.15) is 0 Å². The molecule has 1 heterocycles. The molecule has 1 saturated heterocycles. The lowest BCUT2D eigenvalue weighted by Crippen LogP contribution is -2.49. The first-order valence-corrected chi connectivity index (χ1v) is 7.09. The van der Waals surface area contributed by atoms with Gasteiger partial charge in [-0.15, -0.1) is 0 Å². The maximum atomic E-state index is 12.2. The van der Waals surface area contributed by atoms with Gasteiger partial charge in [0.25, 0.3) is 5.91 Å². The fourth-order valence-corrected chi connectivity index (χ4v) is 2.58. The number of carboxylic acids is 1. The van der Waals surface area contributed by atoms with E-state index in [4.69, 9.17) is 16.3 Å². The van der Waals surface area contributed by atoms with Crippen molar-refractivity contribution in [2.75, 3.05) is 13.2 Å². The van der Waals surface area contributed by atoms with Crippen LogP contribution in [0.1, 0.15) is 17.3 Å². The highest BCUT2D eigenvalue weighted by molar-refractivity contribution is 9.10. The molecule has 0 bridgehead atoms. The Bertz CT molecular complexity index is 565. The molecular weight excluding hydrogens is 350 g/mol. The Kier molecular flexibility index (Phi) is 4.36. The molecule has 0 spiro atoms. The molecule has 7 heteroatoms. The fraction of sp³-hybridized carbons (Fsp3) is 0.385. The number of benzene rings is 1. The van der Waals surface area contributed by atoms with E-state index in [1.54, 1.807) is 25.1 Å². The highest BCUT2D eigenvalue weighted by atomic mass is 79.9. The molecule has 2 atom stereocenters. The van der Waals surface area contributed by atoms with E-state index in [1.165, 1.54) is 0 Å². The highest BCUT2D eigenvalue weighted by Crippen LogP contribution is 2.30. The van der Waals surface area contributed by atoms with Crippen LogP contribution in [0, 0.1) is 5.41 Å². The SMILES string of the molecule is CC1(C(=O)O)COCC1NC(=O)c1cccc(Br)c1Cl. The maximum absolute atomic E-state index is 12.2. The number of aliphatic carboxylic acids is 1. The lowest BCUT2D eigenvalue weighted by molar-refractivity contribution is -0.148. The zero-order valence-electron chi connectivity index (χ0n) is 10.7. The zero-order valence-corrected chi connectivity index (χ0v) is 13.0. The van der Waals surface area contributed by atoms with Gasteiger partial charge in [0.05, 0.1) is 29.8 Å². The predicted molar refractivity (Wildman–Crippen MR) is 77.0 cm³/mol. The van der Waals surface area contributed by atoms with E-state index in [0.717, 1.165) is 0 Å². The van der Waals surface area contributed by atoms with Crippen molar-refractivity contribution in [3.05, 3.63) is 33.3 Å². The summed E-state index contributed by atoms with van der Waals surface area (Å²) in [4.78, 5) is 23.5. The normalized spacial score (nSPS) is 25.4. The summed E-state index contributed by atoms with van der Waals surface area (Å²) in [7, 11) is 0. The average Bonchev–Trinajstić information content (AvgIpc) is 2.75. The Morgan fingerprint density at radius 2 is 2.25 bits per heavy atom. The van der Waals surface area contributed by atoms with E-state index in [9.17, 15) is 14.7 Å². The van der Waals surface area contributed by atoms with Crippen molar-refractivity contribution in [2.45, 2.75) is 13.0 Å². The lowest BCUT2D eigenvalue weighted by Gasteiger charge is -2.25. The molecule has 1 amide bonds. The number of nitrogens with one attached hydrogen (secondary N) is 1. The van der Waals surface area contributed by atoms with Gasteiger partial charge in [0, 0.05) is 4.47 Å². The van der Waals surface area contributed by atoms with Crippen molar-refractivity contribution in [2.24, 2.45) is 5.41 Å². The first-order chi connectivity index (χ1) is 9.36. The lowest BCUT2D eigenvalue weighted by atomic mass is 9.85. The molecule has 1 aromatic rings. The number of carbonyl (C=O) groups excluding carboxylic acids is 1. The molecule has 0 aliphatic carbocycles. The molecule has 1 aliphatic rings. The Morgan fingerprint density at radius 1 is 1.55 bits per heavy atom. The largest absolute Gasteiger partial charge is 0.481 e. The van der Waals surface area contributed by atoms with Crippen LogP contribution in [-0.4, -0.2) is 36.2 Å². The van der Waals surface area contributed by atoms with E-state index in [0.29, 0.717) is 15.1 Å². The maximum Gasteiger partial charge on any atom is 0.313 e. The van der Waals surface area contributed by atoms with Crippen LogP contribution >= 0.6 is 27.5 Å². The predicted octanol–water partition coefficient (Wildman–Crippen LogP) is 2.32. The molecule has 2 N–H and O–H groups in total. The third kappa shape index (κ3) is 2.68. The molecule has 5 nitrogen and oxygen atoms in total. The van der Waals surface area contributed by atoms with Gasteiger partial charge < -0.3 is 15.2 Å². The first kappa shape index (κ1) is 15.3. The summed E-state index contributed by atoms with van der Waals surface area (Å²) in [6, 6.07) is 4.39. The highest BCUT2D eigenvalue weighted by Gasteiger charge is 2.47. The van der Waals surface area contributed by atoms with Crippen LogP contribution in [0.5, 0.6) is 0 Å². The number of hydrogen-bond acceptors (Lipinski definition) is 3. The van der Waals surface area contributed by atoms with E-state index in [1.807, 2.05) is 0 Å². The Morgan fingerprint density at radius 3 is 2.90 bits per heavy atom. The van der Waals surface area contributed by atoms with Gasteiger partial charge in [-0.25, -0.2) is 0 Å². The summed E-state index contributed by atoms with van der Waals surface area (Å²) < 4.78 is 5.79. The summed E-state index contributed by atoms with van der Waals surface area (Å²) in [5, 5.41) is 12.2. The van der Waals surface area contributed by atoms with Crippen LogP contribution < -0.4 is 5.32 Å². The summed E-state index contributed by atoms with van der Waals surface area (Å²) in [5.41, 5.74) is -0.839. The van der Waals surface area contributed by atoms with Crippen molar-refractivity contribution in [3.63, 3.8) is 0 Å². The Balaban J connectivity index is 2.20. The molecular formula is C13H13BrClNO4. The van der Waals surface area contributed by atoms with E-state index in [2.05, 4.69) is 21.2 Å². The summed E-state index contributed by atoms with van der Waals surface area (Å²) in [6.07, 6.45) is 0. The van der Waals surface area contributed by atoms with Crippen LogP contribution in [0.15, 0.2) is 22.7 Å². The van der Waals surface area contributed by atoms with Gasteiger partial charge in [0.2, 0.25) is 0 Å². The quantitative estimate of drug-likeness (QED) is 0.865. The molecule has 1 aromatic carbocycles. The molecule has 1 fully saturated rings. The molecule has 0 radical (unpaired) electrons. The van der Waals surface area contributed by atoms with Gasteiger partial charge in [0.1, 0.15) is 5.41 Å². The number of rotatable bonds is 3. The number of halogens is 2. The summed E-state index contributed by atoms with van der Waals surface area (Å²) >= 11 is 9.29. The molecule has 0 saturated carbocycles. The standard InChI is InChI=1S/C13H13BrClNO4/c1-13(12(18)19)6-20-5-9(13)16-11(17)7-3-2-4-8(14)10(7)15/h2-4,9H,5-6H2,1H3,(H,16,17)(H,18,19). The fourth-order valence-electron chi connectivity index (χ4n) is 2.00. The molecule has 2 rings (SSSR count). The van der Waals surface area contributed by atoms with E-state index in [-0.39, 0.29) is 13.2 Å². The van der Waals surface area contributed by atoms with Gasteiger partial charge >= 0.3 is 5.97 Å². The number of amides is 1. The Labute approximate surface area is 129 Å². The van der Waals surface area contributed by atoms with Crippen molar-refractivity contribution in [3.8, 4) is 0 Å². The summed E-state index contributed by atoms with van der Waals surface area (Å²) in [6.45, 7) is 1.79. The van der Waals surface area contributed by atoms with Crippen LogP contribution in [0.25, 0.3) is 0 Å². The van der Waals surface area contributed by atoms with Crippen LogP contribution in [0.4, 0.5) is 0 Å². The minimum absolute atomic E-state index is 0.0689. The molecule has 1 aliphatic heterocycles. The van der Waals surface area contributed by atoms with E-state index >= 15 is 0 Å². The van der Waals surface area contributed by atoms with Crippen LogP contribution in [0.2, 0.25) is 5.02 Å². The van der Waals surface area contributed by atoms with Crippen LogP contribution in [-0.2, 0) is 9.53 Å². The second-order valence-electron chi connectivity index (χ2n) is 4.87. The molecule has 0 aromatic heterocycles. The van der Waals surface area contributed by atoms with Gasteiger partial charge in [0.15, 0.2) is 0 Å². The number of carboxylic acid groups (broad SMARTS) is 1. The smallest absolute Gasteiger partial charge is 0.313 e. The van der Waals surface area contributed by atoms with Gasteiger partial charge in [-0.05, 0) is 35.0 Å². The topological polar surface area (TPSA) is 75.6 Å². The van der Waals surface area contributed by atoms with Crippen LogP contribution in [0.3, 0.4) is 0 Å². The van der Waals surface area contributed by atoms with Crippen molar-refractivity contribution < 1.29 is 19.4 Å². The number of hydrogen-bond donors (Lipinski definition) is 2. The van der Waals surface area contributed by atoms with Gasteiger partial charge in [-0.3, -0.25) is 9.59 Å². The average molecular weight is 363 g/mol. The minimum Gasteiger partial charge on any atom is -0.481 e. The monoisotopic (exact) mass is 361 g/mol. The summed E-state index contributed by atoms with van der Waals surface area (Å²) in [5.74, 6) is -1.42. The van der Waals surface area contributed by atoms with Crippen molar-refractivity contribution in [1.29, 1.82) is 0 Å². The first-order valence-electron chi connectivity index (χ1n) is 5.92. The van der Waals surface area contributed by atoms with Crippen molar-refractivity contribution in [1.82, 2.24) is 5.32 Å². The number of carbonyl (C=O) groups is 2. The van der Waals surface area contributed by atoms with Gasteiger partial charge in [-0.1, -0.05) is 17.7 Å². The van der Waals surface area contributed by atoms with E-state index < -0.39 is 23.3 Å². The molecule has 108 valence electrons. The van der Waals surface area contributed by atoms with Crippen molar-refractivity contribution >= 4 is 39.4 Å². The molecule has 20 heavy (non-hydrogen) atoms. The second-order valence-corrected chi connectivity index (χ2v) is 6.10. The third-order valence-electron chi connectivity index (χ3n) is 3.45. The number of ether oxygens (including phenoxy) is 1. The zero-order chi connectivity index (χ0) is 14.9. The minimum atomic E-state index is -1.13.